The Balaban J connectivity index is 1.92. The molecule has 0 aromatic carbocycles. The summed E-state index contributed by atoms with van der Waals surface area (Å²) in [6.45, 7) is 8.05. The normalized spacial score (nSPS) is 22.7. The van der Waals surface area contributed by atoms with Gasteiger partial charge in [-0.3, -0.25) is 0 Å². The zero-order valence-electron chi connectivity index (χ0n) is 15.7. The van der Waals surface area contributed by atoms with Crippen LogP contribution in [-0.2, 0) is 0 Å². The highest BCUT2D eigenvalue weighted by molar-refractivity contribution is 5.48. The number of aliphatic hydroxyl groups excluding tert-OH is 1. The highest BCUT2D eigenvalue weighted by Gasteiger charge is 2.20. The van der Waals surface area contributed by atoms with E-state index >= 15 is 0 Å². The fourth-order valence-corrected chi connectivity index (χ4v) is 3.01. The maximum Gasteiger partial charge on any atom is 0.223 e. The third-order valence-corrected chi connectivity index (χ3v) is 4.42. The molecule has 0 amide bonds. The van der Waals surface area contributed by atoms with Gasteiger partial charge in [-0.25, -0.2) is 9.97 Å². The largest absolute Gasteiger partial charge is 0.393 e. The second-order valence-corrected chi connectivity index (χ2v) is 6.60. The van der Waals surface area contributed by atoms with Crippen LogP contribution < -0.4 is 16.0 Å². The number of hydrogen-bond donors (Lipinski definition) is 4. The Morgan fingerprint density at radius 2 is 2.00 bits per heavy atom. The fourth-order valence-electron chi connectivity index (χ4n) is 3.01. The van der Waals surface area contributed by atoms with Crippen LogP contribution in [0.5, 0.6) is 0 Å². The molecular formula is C19H31N5O. The molecule has 2 rings (SSSR count). The Kier molecular flexibility index (Phi) is 7.25. The third kappa shape index (κ3) is 6.05. The molecule has 0 bridgehead atoms. The minimum Gasteiger partial charge on any atom is -0.393 e. The molecule has 1 saturated carbocycles. The number of anilines is 2. The molecule has 4 N–H and O–H groups in total. The lowest BCUT2D eigenvalue weighted by Gasteiger charge is -2.26. The first-order valence-corrected chi connectivity index (χ1v) is 9.12. The number of aliphatic hydroxyl groups is 1. The molecule has 1 unspecified atom stereocenters. The topological polar surface area (TPSA) is 82.1 Å². The fraction of sp³-hybridized carbons (Fsp3) is 0.579. The summed E-state index contributed by atoms with van der Waals surface area (Å²) < 4.78 is 0. The van der Waals surface area contributed by atoms with Crippen molar-refractivity contribution in [3.63, 3.8) is 0 Å². The molecule has 25 heavy (non-hydrogen) atoms. The van der Waals surface area contributed by atoms with E-state index in [2.05, 4.69) is 32.8 Å². The van der Waals surface area contributed by atoms with Crippen molar-refractivity contribution in [3.8, 4) is 0 Å². The molecule has 1 aliphatic carbocycles. The minimum atomic E-state index is -0.147. The Hall–Kier alpha value is -2.08. The number of aromatic nitrogens is 2. The number of hydrogen-bond acceptors (Lipinski definition) is 6. The van der Waals surface area contributed by atoms with Crippen molar-refractivity contribution in [2.45, 2.75) is 71.7 Å². The van der Waals surface area contributed by atoms with Crippen LogP contribution in [0.3, 0.4) is 0 Å². The Morgan fingerprint density at radius 1 is 1.28 bits per heavy atom. The molecule has 1 aliphatic rings. The summed E-state index contributed by atoms with van der Waals surface area (Å²) in [6, 6.07) is 0.347. The van der Waals surface area contributed by atoms with Crippen molar-refractivity contribution in [1.29, 1.82) is 0 Å². The Morgan fingerprint density at radius 3 is 2.60 bits per heavy atom. The lowest BCUT2D eigenvalue weighted by Crippen LogP contribution is -2.32. The first-order chi connectivity index (χ1) is 12.0. The minimum absolute atomic E-state index is 0.0586. The van der Waals surface area contributed by atoms with Gasteiger partial charge in [0, 0.05) is 11.7 Å². The summed E-state index contributed by atoms with van der Waals surface area (Å²) in [6.07, 6.45) is 11.4. The van der Waals surface area contributed by atoms with Crippen molar-refractivity contribution < 1.29 is 5.11 Å². The van der Waals surface area contributed by atoms with Crippen molar-refractivity contribution in [2.75, 3.05) is 10.6 Å². The number of allylic oxidation sites excluding steroid dienone is 3. The van der Waals surface area contributed by atoms with Crippen LogP contribution in [0, 0.1) is 6.92 Å². The average Bonchev–Trinajstić information content (AvgIpc) is 2.59. The van der Waals surface area contributed by atoms with E-state index in [0.29, 0.717) is 12.0 Å². The van der Waals surface area contributed by atoms with Gasteiger partial charge in [-0.2, -0.15) is 0 Å². The summed E-state index contributed by atoms with van der Waals surface area (Å²) in [5.74, 6) is 0.660. The first kappa shape index (κ1) is 19.2. The maximum absolute atomic E-state index is 9.59. The van der Waals surface area contributed by atoms with Crippen LogP contribution in [0.25, 0.3) is 0 Å². The molecule has 6 nitrogen and oxygen atoms in total. The Labute approximate surface area is 150 Å². The van der Waals surface area contributed by atoms with Gasteiger partial charge in [-0.05, 0) is 59.5 Å². The lowest BCUT2D eigenvalue weighted by molar-refractivity contribution is 0.126. The predicted molar refractivity (Wildman–Crippen MR) is 103 cm³/mol. The van der Waals surface area contributed by atoms with Gasteiger partial charge in [0.05, 0.1) is 29.8 Å². The van der Waals surface area contributed by atoms with Crippen LogP contribution in [0.15, 0.2) is 30.1 Å². The van der Waals surface area contributed by atoms with E-state index in [1.165, 1.54) is 0 Å². The summed E-state index contributed by atoms with van der Waals surface area (Å²) in [5.41, 5.74) is 2.90. The summed E-state index contributed by atoms with van der Waals surface area (Å²) in [5, 5.41) is 19.8. The van der Waals surface area contributed by atoms with Gasteiger partial charge in [0.2, 0.25) is 5.95 Å². The van der Waals surface area contributed by atoms with Crippen LogP contribution >= 0.6 is 0 Å². The molecule has 1 fully saturated rings. The summed E-state index contributed by atoms with van der Waals surface area (Å²) in [7, 11) is 0. The predicted octanol–water partition coefficient (Wildman–Crippen LogP) is 3.33. The number of rotatable bonds is 7. The van der Waals surface area contributed by atoms with Crippen molar-refractivity contribution >= 4 is 11.6 Å². The van der Waals surface area contributed by atoms with Crippen LogP contribution in [0.2, 0.25) is 0 Å². The second kappa shape index (κ2) is 9.42. The van der Waals surface area contributed by atoms with E-state index < -0.39 is 0 Å². The second-order valence-electron chi connectivity index (χ2n) is 6.60. The zero-order chi connectivity index (χ0) is 18.2. The maximum atomic E-state index is 9.59. The molecule has 0 saturated heterocycles. The molecule has 138 valence electrons. The first-order valence-electron chi connectivity index (χ1n) is 9.12. The Bertz CT molecular complexity index is 606. The standard InChI is InChI=1S/C19H31N5O/c1-5-7-15(6-2)22-14(4)23-18-12-20-19(21-13(18)3)24-16-8-10-17(25)11-9-16/h5-7,12,14,16-17,22-23,25H,8-11H2,1-4H3,(H,20,21,24)/b7-5-,15-6+. The van der Waals surface area contributed by atoms with Gasteiger partial charge in [0.1, 0.15) is 0 Å². The smallest absolute Gasteiger partial charge is 0.223 e. The number of nitrogens with zero attached hydrogens (tertiary/aromatic N) is 2. The molecule has 1 heterocycles. The van der Waals surface area contributed by atoms with Crippen molar-refractivity contribution in [2.24, 2.45) is 0 Å². The zero-order valence-corrected chi connectivity index (χ0v) is 15.7. The van der Waals surface area contributed by atoms with Crippen LogP contribution in [0.4, 0.5) is 11.6 Å². The average molecular weight is 345 g/mol. The molecule has 1 atom stereocenters. The molecule has 6 heteroatoms. The molecule has 0 spiro atoms. The highest BCUT2D eigenvalue weighted by atomic mass is 16.3. The molecule has 0 radical (unpaired) electrons. The molecule has 1 aromatic heterocycles. The van der Waals surface area contributed by atoms with Gasteiger partial charge in [-0.15, -0.1) is 0 Å². The molecule has 1 aromatic rings. The van der Waals surface area contributed by atoms with Crippen molar-refractivity contribution in [1.82, 2.24) is 15.3 Å². The lowest BCUT2D eigenvalue weighted by atomic mass is 9.93. The van der Waals surface area contributed by atoms with E-state index in [1.807, 2.05) is 45.2 Å². The SMILES string of the molecule is C/C=C\C(=C/C)NC(C)Nc1cnc(NC2CCC(O)CC2)nc1C. The van der Waals surface area contributed by atoms with E-state index in [9.17, 15) is 5.11 Å². The molecule has 0 aliphatic heterocycles. The number of nitrogens with one attached hydrogen (secondary N) is 3. The van der Waals surface area contributed by atoms with Gasteiger partial charge in [0.25, 0.3) is 0 Å². The van der Waals surface area contributed by atoms with Gasteiger partial charge in [0.15, 0.2) is 0 Å². The summed E-state index contributed by atoms with van der Waals surface area (Å²) in [4.78, 5) is 9.01. The molecular weight excluding hydrogens is 314 g/mol. The van der Waals surface area contributed by atoms with Gasteiger partial charge >= 0.3 is 0 Å². The van der Waals surface area contributed by atoms with E-state index in [4.69, 9.17) is 0 Å². The van der Waals surface area contributed by atoms with Crippen molar-refractivity contribution in [3.05, 3.63) is 35.8 Å². The van der Waals surface area contributed by atoms with Crippen LogP contribution in [-0.4, -0.2) is 33.4 Å². The van der Waals surface area contributed by atoms with E-state index in [0.717, 1.165) is 42.8 Å². The third-order valence-electron chi connectivity index (χ3n) is 4.42. The summed E-state index contributed by atoms with van der Waals surface area (Å²) >= 11 is 0. The highest BCUT2D eigenvalue weighted by Crippen LogP contribution is 2.22. The van der Waals surface area contributed by atoms with E-state index in [-0.39, 0.29) is 12.3 Å². The monoisotopic (exact) mass is 345 g/mol. The van der Waals surface area contributed by atoms with Gasteiger partial charge in [-0.1, -0.05) is 12.2 Å². The van der Waals surface area contributed by atoms with E-state index in [1.54, 1.807) is 0 Å². The van der Waals surface area contributed by atoms with Crippen LogP contribution in [0.1, 0.15) is 52.1 Å². The number of aryl methyl sites for hydroxylation is 1. The quantitative estimate of drug-likeness (QED) is 0.448. The van der Waals surface area contributed by atoms with Gasteiger partial charge < -0.3 is 21.1 Å².